The number of carbonyl (C=O) groups excluding carboxylic acids is 1. The fourth-order valence-corrected chi connectivity index (χ4v) is 2.98. The number of nitrogens with zero attached hydrogens (tertiary/aromatic N) is 2. The summed E-state index contributed by atoms with van der Waals surface area (Å²) in [4.78, 5) is 24.2. The zero-order valence-electron chi connectivity index (χ0n) is 12.7. The highest BCUT2D eigenvalue weighted by molar-refractivity contribution is 6.07. The van der Waals surface area contributed by atoms with Gasteiger partial charge in [0.05, 0.1) is 11.1 Å². The normalized spacial score (nSPS) is 14.8. The van der Waals surface area contributed by atoms with Crippen molar-refractivity contribution in [1.29, 1.82) is 0 Å². The second kappa shape index (κ2) is 5.73. The van der Waals surface area contributed by atoms with E-state index in [0.29, 0.717) is 10.8 Å². The average Bonchev–Trinajstić information content (AvgIpc) is 3.03. The predicted molar refractivity (Wildman–Crippen MR) is 91.1 cm³/mol. The lowest BCUT2D eigenvalue weighted by atomic mass is 10.1. The zero-order chi connectivity index (χ0) is 16.5. The van der Waals surface area contributed by atoms with Crippen LogP contribution in [0.3, 0.4) is 0 Å². The Bertz CT molecular complexity index is 1040. The standard InChI is InChI=1S/C18H14N4O2/c23-17-14-8-4-3-7-13(14)16(20-21-17)18(24)22-19-15-10-9-11-5-1-2-6-12(11)15/h1-8H,9-10H2,(H,21,23)(H,22,24)/b19-15+. The van der Waals surface area contributed by atoms with Crippen molar-refractivity contribution >= 4 is 22.4 Å². The second-order valence-corrected chi connectivity index (χ2v) is 5.60. The molecule has 0 saturated heterocycles. The highest BCUT2D eigenvalue weighted by Crippen LogP contribution is 2.21. The number of carbonyl (C=O) groups is 1. The van der Waals surface area contributed by atoms with Crippen LogP contribution in [0.4, 0.5) is 0 Å². The van der Waals surface area contributed by atoms with Gasteiger partial charge in [0.25, 0.3) is 11.5 Å². The lowest BCUT2D eigenvalue weighted by Gasteiger charge is -2.04. The third-order valence-corrected chi connectivity index (χ3v) is 4.16. The number of hydrogen-bond acceptors (Lipinski definition) is 4. The molecule has 1 aliphatic rings. The van der Waals surface area contributed by atoms with E-state index in [0.717, 1.165) is 24.1 Å². The number of benzene rings is 2. The van der Waals surface area contributed by atoms with Crippen LogP contribution in [0.25, 0.3) is 10.8 Å². The summed E-state index contributed by atoms with van der Waals surface area (Å²) in [5.41, 5.74) is 5.55. The smallest absolute Gasteiger partial charge is 0.267 e. The van der Waals surface area contributed by atoms with Gasteiger partial charge in [-0.2, -0.15) is 10.2 Å². The molecule has 2 N–H and O–H groups in total. The van der Waals surface area contributed by atoms with E-state index in [1.807, 2.05) is 18.2 Å². The molecule has 6 heteroatoms. The molecule has 0 bridgehead atoms. The minimum atomic E-state index is -0.445. The van der Waals surface area contributed by atoms with Gasteiger partial charge >= 0.3 is 0 Å². The first kappa shape index (κ1) is 14.3. The zero-order valence-corrected chi connectivity index (χ0v) is 12.7. The summed E-state index contributed by atoms with van der Waals surface area (Å²) in [5.74, 6) is -0.445. The molecular formula is C18H14N4O2. The molecule has 0 atom stereocenters. The fourth-order valence-electron chi connectivity index (χ4n) is 2.98. The van der Waals surface area contributed by atoms with Crippen LogP contribution in [0.2, 0.25) is 0 Å². The summed E-state index contributed by atoms with van der Waals surface area (Å²) in [5, 5.41) is 11.4. The number of hydrogen-bond donors (Lipinski definition) is 2. The molecule has 0 aliphatic heterocycles. The number of aromatic nitrogens is 2. The van der Waals surface area contributed by atoms with Crippen molar-refractivity contribution in [1.82, 2.24) is 15.6 Å². The van der Waals surface area contributed by atoms with Crippen LogP contribution in [0.1, 0.15) is 28.0 Å². The second-order valence-electron chi connectivity index (χ2n) is 5.60. The molecule has 1 aliphatic carbocycles. The summed E-state index contributed by atoms with van der Waals surface area (Å²) in [6.45, 7) is 0. The van der Waals surface area contributed by atoms with E-state index in [-0.39, 0.29) is 11.3 Å². The van der Waals surface area contributed by atoms with Crippen molar-refractivity contribution in [3.8, 4) is 0 Å². The van der Waals surface area contributed by atoms with Crippen molar-refractivity contribution in [2.75, 3.05) is 0 Å². The van der Waals surface area contributed by atoms with Crippen molar-refractivity contribution in [2.45, 2.75) is 12.8 Å². The molecule has 118 valence electrons. The Morgan fingerprint density at radius 2 is 1.79 bits per heavy atom. The summed E-state index contributed by atoms with van der Waals surface area (Å²) >= 11 is 0. The number of nitrogens with one attached hydrogen (secondary N) is 2. The lowest BCUT2D eigenvalue weighted by molar-refractivity contribution is 0.0950. The van der Waals surface area contributed by atoms with Crippen molar-refractivity contribution in [3.05, 3.63) is 75.7 Å². The number of amides is 1. The van der Waals surface area contributed by atoms with Crippen LogP contribution in [0.15, 0.2) is 58.4 Å². The van der Waals surface area contributed by atoms with E-state index < -0.39 is 5.91 Å². The van der Waals surface area contributed by atoms with E-state index in [1.54, 1.807) is 24.3 Å². The molecule has 1 heterocycles. The number of rotatable bonds is 2. The number of aromatic amines is 1. The molecule has 1 aromatic heterocycles. The Morgan fingerprint density at radius 3 is 2.67 bits per heavy atom. The molecule has 6 nitrogen and oxygen atoms in total. The van der Waals surface area contributed by atoms with Crippen LogP contribution in [0, 0.1) is 0 Å². The van der Waals surface area contributed by atoms with Gasteiger partial charge in [0.1, 0.15) is 0 Å². The maximum absolute atomic E-state index is 12.4. The molecular weight excluding hydrogens is 304 g/mol. The fraction of sp³-hybridized carbons (Fsp3) is 0.111. The third-order valence-electron chi connectivity index (χ3n) is 4.16. The lowest BCUT2D eigenvalue weighted by Crippen LogP contribution is -2.23. The number of hydrazone groups is 1. The van der Waals surface area contributed by atoms with Gasteiger partial charge in [-0.25, -0.2) is 10.5 Å². The predicted octanol–water partition coefficient (Wildman–Crippen LogP) is 2.00. The first-order chi connectivity index (χ1) is 11.7. The van der Waals surface area contributed by atoms with Crippen LogP contribution in [-0.4, -0.2) is 21.8 Å². The maximum Gasteiger partial charge on any atom is 0.292 e. The van der Waals surface area contributed by atoms with E-state index in [1.165, 1.54) is 5.56 Å². The molecule has 0 radical (unpaired) electrons. The summed E-state index contributed by atoms with van der Waals surface area (Å²) in [6, 6.07) is 14.9. The third kappa shape index (κ3) is 2.38. The first-order valence-corrected chi connectivity index (χ1v) is 7.66. The van der Waals surface area contributed by atoms with Gasteiger partial charge in [-0.15, -0.1) is 0 Å². The van der Waals surface area contributed by atoms with Crippen LogP contribution >= 0.6 is 0 Å². The first-order valence-electron chi connectivity index (χ1n) is 7.66. The number of aryl methyl sites for hydroxylation is 1. The number of H-pyrrole nitrogens is 1. The van der Waals surface area contributed by atoms with Crippen molar-refractivity contribution < 1.29 is 4.79 Å². The molecule has 3 aromatic rings. The summed E-state index contributed by atoms with van der Waals surface area (Å²) < 4.78 is 0. The molecule has 0 saturated carbocycles. The maximum atomic E-state index is 12.4. The van der Waals surface area contributed by atoms with Crippen molar-refractivity contribution in [2.24, 2.45) is 5.10 Å². The monoisotopic (exact) mass is 318 g/mol. The summed E-state index contributed by atoms with van der Waals surface area (Å²) in [7, 11) is 0. The van der Waals surface area contributed by atoms with E-state index in [2.05, 4.69) is 26.8 Å². The quantitative estimate of drug-likeness (QED) is 0.709. The van der Waals surface area contributed by atoms with Crippen LogP contribution in [-0.2, 0) is 6.42 Å². The molecule has 0 unspecified atom stereocenters. The van der Waals surface area contributed by atoms with E-state index >= 15 is 0 Å². The molecule has 4 rings (SSSR count). The van der Waals surface area contributed by atoms with Crippen molar-refractivity contribution in [3.63, 3.8) is 0 Å². The minimum absolute atomic E-state index is 0.154. The van der Waals surface area contributed by atoms with Gasteiger partial charge in [0.15, 0.2) is 5.69 Å². The average molecular weight is 318 g/mol. The Balaban J connectivity index is 1.66. The molecule has 24 heavy (non-hydrogen) atoms. The molecule has 0 spiro atoms. The molecule has 0 fully saturated rings. The topological polar surface area (TPSA) is 87.2 Å². The van der Waals surface area contributed by atoms with Gasteiger partial charge in [-0.3, -0.25) is 9.59 Å². The Labute approximate surface area is 137 Å². The largest absolute Gasteiger partial charge is 0.292 e. The van der Waals surface area contributed by atoms with Gasteiger partial charge in [-0.1, -0.05) is 42.5 Å². The Morgan fingerprint density at radius 1 is 1.04 bits per heavy atom. The highest BCUT2D eigenvalue weighted by Gasteiger charge is 2.18. The number of fused-ring (bicyclic) bond motifs is 2. The Hall–Kier alpha value is -3.28. The van der Waals surface area contributed by atoms with E-state index in [4.69, 9.17) is 0 Å². The van der Waals surface area contributed by atoms with Gasteiger partial charge in [0, 0.05) is 10.9 Å². The molecule has 2 aromatic carbocycles. The SMILES string of the molecule is O=C(N/N=C1\CCc2ccccc21)c1n[nH]c(=O)c2ccccc12. The van der Waals surface area contributed by atoms with E-state index in [9.17, 15) is 9.59 Å². The Kier molecular flexibility index (Phi) is 3.42. The molecule has 1 amide bonds. The summed E-state index contributed by atoms with van der Waals surface area (Å²) in [6.07, 6.45) is 1.71. The van der Waals surface area contributed by atoms with Gasteiger partial charge in [0.2, 0.25) is 0 Å². The van der Waals surface area contributed by atoms with Crippen LogP contribution in [0.5, 0.6) is 0 Å². The van der Waals surface area contributed by atoms with Gasteiger partial charge < -0.3 is 0 Å². The minimum Gasteiger partial charge on any atom is -0.267 e. The van der Waals surface area contributed by atoms with Crippen LogP contribution < -0.4 is 11.0 Å². The van der Waals surface area contributed by atoms with Gasteiger partial charge in [-0.05, 0) is 24.5 Å². The highest BCUT2D eigenvalue weighted by atomic mass is 16.2.